The number of carboxylic acids is 1. The molecular formula is C15H18BrNO4. The number of amides is 1. The lowest BCUT2D eigenvalue weighted by molar-refractivity contribution is -0.173. The molecule has 1 aliphatic rings. The second-order valence-electron chi connectivity index (χ2n) is 5.48. The average Bonchev–Trinajstić information content (AvgIpc) is 2.41. The van der Waals surface area contributed by atoms with Crippen LogP contribution in [0.2, 0.25) is 0 Å². The number of halogens is 1. The van der Waals surface area contributed by atoms with E-state index in [0.29, 0.717) is 6.54 Å². The van der Waals surface area contributed by atoms with Gasteiger partial charge >= 0.3 is 5.97 Å². The van der Waals surface area contributed by atoms with Crippen molar-refractivity contribution in [2.24, 2.45) is 5.92 Å². The number of hydrogen-bond acceptors (Lipinski definition) is 3. The number of nitrogens with zero attached hydrogens (tertiary/aromatic N) is 1. The molecule has 1 aliphatic heterocycles. The largest absolute Gasteiger partial charge is 0.479 e. The van der Waals surface area contributed by atoms with Gasteiger partial charge in [0.1, 0.15) is 6.61 Å². The third-order valence-electron chi connectivity index (χ3n) is 3.36. The van der Waals surface area contributed by atoms with Gasteiger partial charge in [-0.2, -0.15) is 0 Å². The standard InChI is InChI=1S/C15H18BrNO4/c1-9(2)7-17-12(18)8-21-14(15(19)20)13(17)10-5-3-4-6-11(10)16/h3-6,9,13-14H,7-8H2,1-2H3,(H,19,20). The van der Waals surface area contributed by atoms with Gasteiger partial charge in [0.2, 0.25) is 5.91 Å². The highest BCUT2D eigenvalue weighted by atomic mass is 79.9. The van der Waals surface area contributed by atoms with Crippen LogP contribution in [0, 0.1) is 5.92 Å². The number of rotatable bonds is 4. The summed E-state index contributed by atoms with van der Waals surface area (Å²) in [5, 5.41) is 9.42. The first-order valence-electron chi connectivity index (χ1n) is 6.80. The summed E-state index contributed by atoms with van der Waals surface area (Å²) >= 11 is 3.44. The molecule has 2 atom stereocenters. The molecule has 114 valence electrons. The summed E-state index contributed by atoms with van der Waals surface area (Å²) in [6.45, 7) is 4.30. The van der Waals surface area contributed by atoms with Crippen molar-refractivity contribution in [1.29, 1.82) is 0 Å². The summed E-state index contributed by atoms with van der Waals surface area (Å²) in [5.74, 6) is -0.995. The lowest BCUT2D eigenvalue weighted by atomic mass is 9.96. The normalized spacial score (nSPS) is 22.7. The van der Waals surface area contributed by atoms with Crippen molar-refractivity contribution in [2.75, 3.05) is 13.2 Å². The molecule has 0 spiro atoms. The summed E-state index contributed by atoms with van der Waals surface area (Å²) in [6.07, 6.45) is -1.06. The van der Waals surface area contributed by atoms with Gasteiger partial charge in [0.05, 0.1) is 6.04 Å². The average molecular weight is 356 g/mol. The molecule has 1 amide bonds. The minimum atomic E-state index is -1.06. The fourth-order valence-electron chi connectivity index (χ4n) is 2.51. The Kier molecular flexibility index (Phi) is 5.00. The third kappa shape index (κ3) is 3.44. The first kappa shape index (κ1) is 16.0. The molecule has 0 radical (unpaired) electrons. The number of carbonyl (C=O) groups is 2. The number of carboxylic acid groups (broad SMARTS) is 1. The quantitative estimate of drug-likeness (QED) is 0.900. The molecule has 21 heavy (non-hydrogen) atoms. The van der Waals surface area contributed by atoms with E-state index in [1.165, 1.54) is 0 Å². The van der Waals surface area contributed by atoms with E-state index in [2.05, 4.69) is 15.9 Å². The van der Waals surface area contributed by atoms with E-state index < -0.39 is 18.1 Å². The lowest BCUT2D eigenvalue weighted by Crippen LogP contribution is -2.52. The maximum atomic E-state index is 12.2. The minimum absolute atomic E-state index is 0.179. The monoisotopic (exact) mass is 355 g/mol. The molecular weight excluding hydrogens is 338 g/mol. The van der Waals surface area contributed by atoms with E-state index in [9.17, 15) is 14.7 Å². The van der Waals surface area contributed by atoms with Crippen molar-refractivity contribution in [1.82, 2.24) is 4.90 Å². The van der Waals surface area contributed by atoms with Gasteiger partial charge in [-0.15, -0.1) is 0 Å². The van der Waals surface area contributed by atoms with Crippen LogP contribution in [0.1, 0.15) is 25.5 Å². The summed E-state index contributed by atoms with van der Waals surface area (Å²) < 4.78 is 6.05. The van der Waals surface area contributed by atoms with Gasteiger partial charge in [0.25, 0.3) is 0 Å². The van der Waals surface area contributed by atoms with Crippen LogP contribution in [0.4, 0.5) is 0 Å². The molecule has 0 aromatic heterocycles. The van der Waals surface area contributed by atoms with Gasteiger partial charge < -0.3 is 14.7 Å². The Hall–Kier alpha value is -1.40. The number of benzene rings is 1. The van der Waals surface area contributed by atoms with Gasteiger partial charge in [-0.25, -0.2) is 4.79 Å². The second-order valence-corrected chi connectivity index (χ2v) is 6.33. The van der Waals surface area contributed by atoms with Gasteiger partial charge in [0, 0.05) is 11.0 Å². The molecule has 1 aromatic carbocycles. The highest BCUT2D eigenvalue weighted by molar-refractivity contribution is 9.10. The van der Waals surface area contributed by atoms with E-state index in [0.717, 1.165) is 10.0 Å². The highest BCUT2D eigenvalue weighted by Gasteiger charge is 2.42. The molecule has 1 heterocycles. The Balaban J connectivity index is 2.46. The zero-order chi connectivity index (χ0) is 15.6. The fraction of sp³-hybridized carbons (Fsp3) is 0.467. The molecule has 6 heteroatoms. The summed E-state index contributed by atoms with van der Waals surface area (Å²) in [4.78, 5) is 25.3. The summed E-state index contributed by atoms with van der Waals surface area (Å²) in [6, 6.07) is 6.70. The minimum Gasteiger partial charge on any atom is -0.479 e. The molecule has 0 bridgehead atoms. The Morgan fingerprint density at radius 2 is 2.14 bits per heavy atom. The van der Waals surface area contributed by atoms with E-state index in [4.69, 9.17) is 4.74 Å². The van der Waals surface area contributed by atoms with Crippen molar-refractivity contribution < 1.29 is 19.4 Å². The number of ether oxygens (including phenoxy) is 1. The number of hydrogen-bond donors (Lipinski definition) is 1. The van der Waals surface area contributed by atoms with Crippen molar-refractivity contribution in [3.63, 3.8) is 0 Å². The van der Waals surface area contributed by atoms with Crippen molar-refractivity contribution in [3.8, 4) is 0 Å². The first-order valence-corrected chi connectivity index (χ1v) is 7.59. The zero-order valence-electron chi connectivity index (χ0n) is 12.0. The predicted octanol–water partition coefficient (Wildman–Crippen LogP) is 2.46. The molecule has 2 rings (SSSR count). The van der Waals surface area contributed by atoms with Gasteiger partial charge in [-0.05, 0) is 17.5 Å². The summed E-state index contributed by atoms with van der Waals surface area (Å²) in [5.41, 5.74) is 0.749. The molecule has 0 saturated carbocycles. The Labute approximate surface area is 132 Å². The smallest absolute Gasteiger partial charge is 0.335 e. The molecule has 1 saturated heterocycles. The van der Waals surface area contributed by atoms with Crippen LogP contribution in [0.3, 0.4) is 0 Å². The van der Waals surface area contributed by atoms with E-state index in [1.807, 2.05) is 38.1 Å². The SMILES string of the molecule is CC(C)CN1C(=O)COC(C(=O)O)C1c1ccccc1Br. The van der Waals surface area contributed by atoms with Crippen LogP contribution < -0.4 is 0 Å². The Morgan fingerprint density at radius 1 is 1.48 bits per heavy atom. The van der Waals surface area contributed by atoms with E-state index in [-0.39, 0.29) is 18.4 Å². The summed E-state index contributed by atoms with van der Waals surface area (Å²) in [7, 11) is 0. The van der Waals surface area contributed by atoms with Crippen LogP contribution in [0.5, 0.6) is 0 Å². The van der Waals surface area contributed by atoms with Crippen LogP contribution >= 0.6 is 15.9 Å². The van der Waals surface area contributed by atoms with Gasteiger partial charge in [-0.3, -0.25) is 4.79 Å². The molecule has 1 fully saturated rings. The maximum Gasteiger partial charge on any atom is 0.335 e. The zero-order valence-corrected chi connectivity index (χ0v) is 13.5. The molecule has 0 aliphatic carbocycles. The molecule has 1 N–H and O–H groups in total. The lowest BCUT2D eigenvalue weighted by Gasteiger charge is -2.40. The Bertz CT molecular complexity index is 546. The van der Waals surface area contributed by atoms with Gasteiger partial charge in [-0.1, -0.05) is 48.0 Å². The predicted molar refractivity (Wildman–Crippen MR) is 80.8 cm³/mol. The van der Waals surface area contributed by atoms with E-state index >= 15 is 0 Å². The number of morpholine rings is 1. The Morgan fingerprint density at radius 3 is 2.71 bits per heavy atom. The van der Waals surface area contributed by atoms with Crippen LogP contribution in [0.15, 0.2) is 28.7 Å². The molecule has 1 aromatic rings. The van der Waals surface area contributed by atoms with Gasteiger partial charge in [0.15, 0.2) is 6.10 Å². The topological polar surface area (TPSA) is 66.8 Å². The number of aliphatic carboxylic acids is 1. The van der Waals surface area contributed by atoms with Crippen LogP contribution in [0.25, 0.3) is 0 Å². The van der Waals surface area contributed by atoms with Crippen molar-refractivity contribution in [3.05, 3.63) is 34.3 Å². The van der Waals surface area contributed by atoms with Crippen LogP contribution in [-0.4, -0.2) is 41.1 Å². The fourth-order valence-corrected chi connectivity index (χ4v) is 3.03. The second kappa shape index (κ2) is 6.58. The van der Waals surface area contributed by atoms with Crippen molar-refractivity contribution in [2.45, 2.75) is 26.0 Å². The maximum absolute atomic E-state index is 12.2. The molecule has 2 unspecified atom stereocenters. The molecule has 5 nitrogen and oxygen atoms in total. The third-order valence-corrected chi connectivity index (χ3v) is 4.08. The first-order chi connectivity index (χ1) is 9.91. The highest BCUT2D eigenvalue weighted by Crippen LogP contribution is 2.35. The number of carbonyl (C=O) groups excluding carboxylic acids is 1. The van der Waals surface area contributed by atoms with Crippen molar-refractivity contribution >= 4 is 27.8 Å². The van der Waals surface area contributed by atoms with Crippen LogP contribution in [-0.2, 0) is 14.3 Å². The van der Waals surface area contributed by atoms with E-state index in [1.54, 1.807) is 4.90 Å².